The first-order valence-corrected chi connectivity index (χ1v) is 7.97. The van der Waals surface area contributed by atoms with Gasteiger partial charge in [-0.1, -0.05) is 12.1 Å². The number of anilines is 2. The number of nitrogens with zero attached hydrogens (tertiary/aromatic N) is 1. The summed E-state index contributed by atoms with van der Waals surface area (Å²) < 4.78 is 10.6. The van der Waals surface area contributed by atoms with Gasteiger partial charge in [-0.15, -0.1) is 0 Å². The summed E-state index contributed by atoms with van der Waals surface area (Å²) in [5.41, 5.74) is 4.22. The molecule has 0 aliphatic carbocycles. The number of urea groups is 1. The molecule has 2 amide bonds. The lowest BCUT2D eigenvalue weighted by Crippen LogP contribution is -2.28. The maximum Gasteiger partial charge on any atom is 0.319 e. The summed E-state index contributed by atoms with van der Waals surface area (Å²) in [5.74, 6) is 1.46. The van der Waals surface area contributed by atoms with Gasteiger partial charge in [0.1, 0.15) is 0 Å². The highest BCUT2D eigenvalue weighted by atomic mass is 16.7. The first-order valence-electron chi connectivity index (χ1n) is 7.97. The van der Waals surface area contributed by atoms with Crippen LogP contribution in [-0.2, 0) is 13.0 Å². The van der Waals surface area contributed by atoms with Gasteiger partial charge in [-0.2, -0.15) is 0 Å². The molecule has 0 atom stereocenters. The van der Waals surface area contributed by atoms with Gasteiger partial charge in [0, 0.05) is 37.1 Å². The van der Waals surface area contributed by atoms with E-state index in [1.165, 1.54) is 11.3 Å². The number of hydrogen-bond donors (Lipinski definition) is 2. The highest BCUT2D eigenvalue weighted by Crippen LogP contribution is 2.33. The molecule has 6 heteroatoms. The number of rotatable bonds is 3. The van der Waals surface area contributed by atoms with Crippen LogP contribution in [0.15, 0.2) is 36.4 Å². The van der Waals surface area contributed by atoms with Gasteiger partial charge < -0.3 is 25.0 Å². The Morgan fingerprint density at radius 2 is 2.08 bits per heavy atom. The number of carbonyl (C=O) groups is 1. The van der Waals surface area contributed by atoms with Crippen LogP contribution in [-0.4, -0.2) is 26.4 Å². The zero-order chi connectivity index (χ0) is 16.5. The summed E-state index contributed by atoms with van der Waals surface area (Å²) in [6.07, 6.45) is 0.949. The zero-order valence-corrected chi connectivity index (χ0v) is 13.5. The predicted molar refractivity (Wildman–Crippen MR) is 91.8 cm³/mol. The van der Waals surface area contributed by atoms with Gasteiger partial charge >= 0.3 is 6.03 Å². The fourth-order valence-corrected chi connectivity index (χ4v) is 3.11. The largest absolute Gasteiger partial charge is 0.454 e. The highest BCUT2D eigenvalue weighted by Gasteiger charge is 2.19. The lowest BCUT2D eigenvalue weighted by molar-refractivity contribution is 0.174. The Labute approximate surface area is 140 Å². The molecular weight excluding hydrogens is 306 g/mol. The normalized spacial score (nSPS) is 14.5. The van der Waals surface area contributed by atoms with E-state index in [1.54, 1.807) is 0 Å². The van der Waals surface area contributed by atoms with E-state index in [1.807, 2.05) is 30.3 Å². The summed E-state index contributed by atoms with van der Waals surface area (Å²) >= 11 is 0. The number of amides is 2. The van der Waals surface area contributed by atoms with Crippen molar-refractivity contribution in [1.82, 2.24) is 5.32 Å². The van der Waals surface area contributed by atoms with Crippen LogP contribution in [0.3, 0.4) is 0 Å². The van der Waals surface area contributed by atoms with Crippen LogP contribution >= 0.6 is 0 Å². The van der Waals surface area contributed by atoms with Crippen LogP contribution in [0.1, 0.15) is 11.1 Å². The quantitative estimate of drug-likeness (QED) is 0.911. The minimum atomic E-state index is -0.212. The third-order valence-corrected chi connectivity index (χ3v) is 4.40. The van der Waals surface area contributed by atoms with E-state index in [0.29, 0.717) is 6.54 Å². The van der Waals surface area contributed by atoms with E-state index < -0.39 is 0 Å². The monoisotopic (exact) mass is 325 g/mol. The number of nitrogens with one attached hydrogen (secondary N) is 2. The summed E-state index contributed by atoms with van der Waals surface area (Å²) in [7, 11) is 2.06. The van der Waals surface area contributed by atoms with Crippen molar-refractivity contribution >= 4 is 17.4 Å². The molecule has 2 aromatic rings. The van der Waals surface area contributed by atoms with Crippen molar-refractivity contribution < 1.29 is 14.3 Å². The van der Waals surface area contributed by atoms with E-state index in [2.05, 4.69) is 28.6 Å². The van der Waals surface area contributed by atoms with Crippen molar-refractivity contribution in [3.63, 3.8) is 0 Å². The number of benzene rings is 2. The topological polar surface area (TPSA) is 62.8 Å². The molecule has 0 saturated heterocycles. The minimum Gasteiger partial charge on any atom is -0.454 e. The molecule has 124 valence electrons. The lowest BCUT2D eigenvalue weighted by Gasteiger charge is -2.14. The van der Waals surface area contributed by atoms with Gasteiger partial charge in [0.25, 0.3) is 0 Å². The number of hydrogen-bond acceptors (Lipinski definition) is 4. The molecule has 0 spiro atoms. The zero-order valence-electron chi connectivity index (χ0n) is 13.5. The van der Waals surface area contributed by atoms with Gasteiger partial charge in [0.05, 0.1) is 0 Å². The van der Waals surface area contributed by atoms with Crippen LogP contribution in [0, 0.1) is 0 Å². The molecule has 0 bridgehead atoms. The van der Waals surface area contributed by atoms with Crippen LogP contribution < -0.4 is 25.0 Å². The molecule has 2 aromatic carbocycles. The minimum absolute atomic E-state index is 0.212. The standard InChI is InChI=1S/C18H19N3O3/c1-21-8-7-13-14(3-2-4-15(13)21)20-18(22)19-10-12-5-6-16-17(9-12)24-11-23-16/h2-6,9H,7-8,10-11H2,1H3,(H2,19,20,22). The molecule has 0 unspecified atom stereocenters. The second-order valence-corrected chi connectivity index (χ2v) is 5.97. The van der Waals surface area contributed by atoms with Gasteiger partial charge in [-0.25, -0.2) is 4.79 Å². The van der Waals surface area contributed by atoms with Crippen LogP contribution in [0.25, 0.3) is 0 Å². The molecule has 0 radical (unpaired) electrons. The molecule has 2 aliphatic rings. The molecule has 2 heterocycles. The van der Waals surface area contributed by atoms with E-state index in [9.17, 15) is 4.79 Å². The highest BCUT2D eigenvalue weighted by molar-refractivity contribution is 5.91. The van der Waals surface area contributed by atoms with Gasteiger partial charge in [-0.05, 0) is 36.2 Å². The Bertz CT molecular complexity index is 791. The smallest absolute Gasteiger partial charge is 0.319 e. The Kier molecular flexibility index (Phi) is 3.65. The van der Waals surface area contributed by atoms with Crippen LogP contribution in [0.4, 0.5) is 16.2 Å². The summed E-state index contributed by atoms with van der Waals surface area (Å²) in [6, 6.07) is 11.4. The Morgan fingerprint density at radius 1 is 1.21 bits per heavy atom. The van der Waals surface area contributed by atoms with E-state index >= 15 is 0 Å². The van der Waals surface area contributed by atoms with E-state index in [0.717, 1.165) is 35.7 Å². The third-order valence-electron chi connectivity index (χ3n) is 4.40. The first kappa shape index (κ1) is 14.7. The van der Waals surface area contributed by atoms with Gasteiger partial charge in [0.15, 0.2) is 11.5 Å². The molecule has 0 fully saturated rings. The number of carbonyl (C=O) groups excluding carboxylic acids is 1. The van der Waals surface area contributed by atoms with Crippen molar-refractivity contribution in [3.8, 4) is 11.5 Å². The Balaban J connectivity index is 1.39. The fraction of sp³-hybridized carbons (Fsp3) is 0.278. The predicted octanol–water partition coefficient (Wildman–Crippen LogP) is 2.73. The number of ether oxygens (including phenoxy) is 2. The summed E-state index contributed by atoms with van der Waals surface area (Å²) in [5, 5.41) is 5.83. The first-order chi connectivity index (χ1) is 11.7. The van der Waals surface area contributed by atoms with Crippen LogP contribution in [0.2, 0.25) is 0 Å². The average Bonchev–Trinajstić information content (AvgIpc) is 3.20. The SMILES string of the molecule is CN1CCc2c(NC(=O)NCc3ccc4c(c3)OCO4)cccc21. The van der Waals surface area contributed by atoms with Gasteiger partial charge in [-0.3, -0.25) is 0 Å². The average molecular weight is 325 g/mol. The van der Waals surface area contributed by atoms with Gasteiger partial charge in [0.2, 0.25) is 6.79 Å². The van der Waals surface area contributed by atoms with Crippen molar-refractivity contribution in [2.24, 2.45) is 0 Å². The van der Waals surface area contributed by atoms with Crippen molar-refractivity contribution in [1.29, 1.82) is 0 Å². The summed E-state index contributed by atoms with van der Waals surface area (Å²) in [6.45, 7) is 1.66. The van der Waals surface area contributed by atoms with E-state index in [-0.39, 0.29) is 12.8 Å². The van der Waals surface area contributed by atoms with E-state index in [4.69, 9.17) is 9.47 Å². The molecule has 24 heavy (non-hydrogen) atoms. The fourth-order valence-electron chi connectivity index (χ4n) is 3.11. The molecule has 2 N–H and O–H groups in total. The molecule has 0 saturated carbocycles. The number of fused-ring (bicyclic) bond motifs is 2. The lowest BCUT2D eigenvalue weighted by atomic mass is 10.1. The molecule has 2 aliphatic heterocycles. The third kappa shape index (κ3) is 2.71. The molecule has 0 aromatic heterocycles. The number of likely N-dealkylation sites (N-methyl/N-ethyl adjacent to an activating group) is 1. The van der Waals surface area contributed by atoms with Crippen molar-refractivity contribution in [3.05, 3.63) is 47.5 Å². The second kappa shape index (κ2) is 5.96. The Hall–Kier alpha value is -2.89. The van der Waals surface area contributed by atoms with Crippen molar-refractivity contribution in [2.45, 2.75) is 13.0 Å². The molecule has 6 nitrogen and oxygen atoms in total. The summed E-state index contributed by atoms with van der Waals surface area (Å²) in [4.78, 5) is 14.4. The molecule has 4 rings (SSSR count). The molecular formula is C18H19N3O3. The Morgan fingerprint density at radius 3 is 3.00 bits per heavy atom. The second-order valence-electron chi connectivity index (χ2n) is 5.97. The maximum atomic E-state index is 12.2. The maximum absolute atomic E-state index is 12.2. The van der Waals surface area contributed by atoms with Crippen molar-refractivity contribution in [2.75, 3.05) is 30.6 Å². The van der Waals surface area contributed by atoms with Crippen LogP contribution in [0.5, 0.6) is 11.5 Å².